The van der Waals surface area contributed by atoms with Gasteiger partial charge >= 0.3 is 0 Å². The summed E-state index contributed by atoms with van der Waals surface area (Å²) in [5, 5.41) is 5.98. The highest BCUT2D eigenvalue weighted by Crippen LogP contribution is 2.17. The molecule has 0 bridgehead atoms. The van der Waals surface area contributed by atoms with Gasteiger partial charge in [0.25, 0.3) is 5.91 Å². The van der Waals surface area contributed by atoms with Gasteiger partial charge in [0.1, 0.15) is 5.75 Å². The van der Waals surface area contributed by atoms with Gasteiger partial charge in [-0.2, -0.15) is 0 Å². The largest absolute Gasteiger partial charge is 0.494 e. The van der Waals surface area contributed by atoms with Crippen LogP contribution < -0.4 is 15.4 Å². The quantitative estimate of drug-likeness (QED) is 0.260. The van der Waals surface area contributed by atoms with E-state index in [9.17, 15) is 9.59 Å². The van der Waals surface area contributed by atoms with E-state index in [1.165, 1.54) is 25.7 Å². The molecule has 2 amide bonds. The van der Waals surface area contributed by atoms with Crippen molar-refractivity contribution in [1.82, 2.24) is 4.90 Å². The Hall–Kier alpha value is -3.80. The molecular formula is C30H37N3O3. The first kappa shape index (κ1) is 26.8. The number of carbonyl (C=O) groups is 2. The van der Waals surface area contributed by atoms with Gasteiger partial charge in [0.15, 0.2) is 0 Å². The lowest BCUT2D eigenvalue weighted by molar-refractivity contribution is -0.114. The number of rotatable bonds is 14. The molecule has 6 nitrogen and oxygen atoms in total. The summed E-state index contributed by atoms with van der Waals surface area (Å²) >= 11 is 0. The number of carbonyl (C=O) groups excluding carboxylic acids is 2. The molecule has 0 unspecified atom stereocenters. The molecule has 190 valence electrons. The van der Waals surface area contributed by atoms with Crippen LogP contribution in [0.2, 0.25) is 0 Å². The van der Waals surface area contributed by atoms with E-state index in [0.29, 0.717) is 17.8 Å². The molecule has 0 saturated heterocycles. The fraction of sp³-hybridized carbons (Fsp3) is 0.333. The number of ether oxygens (including phenoxy) is 1. The van der Waals surface area contributed by atoms with Crippen molar-refractivity contribution in [2.75, 3.05) is 30.8 Å². The number of amides is 2. The van der Waals surface area contributed by atoms with Crippen LogP contribution >= 0.6 is 0 Å². The maximum Gasteiger partial charge on any atom is 0.253 e. The van der Waals surface area contributed by atoms with Gasteiger partial charge in [-0.25, -0.2) is 0 Å². The van der Waals surface area contributed by atoms with Gasteiger partial charge in [0, 0.05) is 30.5 Å². The highest BCUT2D eigenvalue weighted by atomic mass is 16.5. The van der Waals surface area contributed by atoms with Crippen molar-refractivity contribution in [2.45, 2.75) is 45.6 Å². The lowest BCUT2D eigenvalue weighted by atomic mass is 10.1. The van der Waals surface area contributed by atoms with E-state index in [1.807, 2.05) is 54.6 Å². The Morgan fingerprint density at radius 2 is 1.58 bits per heavy atom. The molecule has 0 aromatic heterocycles. The predicted octanol–water partition coefficient (Wildman–Crippen LogP) is 6.36. The van der Waals surface area contributed by atoms with Crippen molar-refractivity contribution >= 4 is 23.2 Å². The topological polar surface area (TPSA) is 70.7 Å². The maximum absolute atomic E-state index is 12.8. The molecule has 0 aliphatic heterocycles. The van der Waals surface area contributed by atoms with Crippen LogP contribution in [-0.2, 0) is 11.3 Å². The third-order valence-electron chi connectivity index (χ3n) is 5.83. The average molecular weight is 488 g/mol. The molecule has 0 saturated carbocycles. The summed E-state index contributed by atoms with van der Waals surface area (Å²) in [4.78, 5) is 27.0. The lowest BCUT2D eigenvalue weighted by Crippen LogP contribution is -2.26. The van der Waals surface area contributed by atoms with Crippen molar-refractivity contribution < 1.29 is 14.3 Å². The molecule has 3 rings (SSSR count). The molecule has 0 radical (unpaired) electrons. The van der Waals surface area contributed by atoms with Gasteiger partial charge in [0.2, 0.25) is 5.91 Å². The lowest BCUT2D eigenvalue weighted by Gasteiger charge is -2.18. The standard InChI is InChI=1S/C30H37N3O3/c1-3-4-5-6-10-20-36-28-18-16-26(17-19-28)31-22-29(34)32-27-15-11-14-25(21-27)30(35)33(2)23-24-12-8-7-9-13-24/h7-9,11-19,21,31H,3-6,10,20,22-23H2,1-2H3,(H,32,34). The second-order valence-electron chi connectivity index (χ2n) is 8.92. The summed E-state index contributed by atoms with van der Waals surface area (Å²) in [6, 6.07) is 24.5. The van der Waals surface area contributed by atoms with Crippen molar-refractivity contribution in [3.05, 3.63) is 90.0 Å². The minimum Gasteiger partial charge on any atom is -0.494 e. The number of benzene rings is 3. The Kier molecular flexibility index (Phi) is 10.8. The van der Waals surface area contributed by atoms with Gasteiger partial charge in [-0.05, 0) is 54.4 Å². The predicted molar refractivity (Wildman–Crippen MR) is 146 cm³/mol. The fourth-order valence-electron chi connectivity index (χ4n) is 3.83. The Morgan fingerprint density at radius 1 is 0.833 bits per heavy atom. The minimum absolute atomic E-state index is 0.101. The van der Waals surface area contributed by atoms with Crippen molar-refractivity contribution in [2.24, 2.45) is 0 Å². The van der Waals surface area contributed by atoms with Crippen molar-refractivity contribution in [3.63, 3.8) is 0 Å². The molecule has 0 aliphatic rings. The zero-order valence-corrected chi connectivity index (χ0v) is 21.3. The Bertz CT molecular complexity index is 1080. The molecule has 6 heteroatoms. The molecular weight excluding hydrogens is 450 g/mol. The van der Waals surface area contributed by atoms with Gasteiger partial charge in [-0.1, -0.05) is 69.0 Å². The van der Waals surface area contributed by atoms with Crippen LogP contribution in [0, 0.1) is 0 Å². The maximum atomic E-state index is 12.8. The van der Waals surface area contributed by atoms with Crippen LogP contribution in [0.5, 0.6) is 5.75 Å². The molecule has 0 spiro atoms. The van der Waals surface area contributed by atoms with Crippen LogP contribution in [0.15, 0.2) is 78.9 Å². The molecule has 2 N–H and O–H groups in total. The van der Waals surface area contributed by atoms with E-state index >= 15 is 0 Å². The Labute approximate surface area is 214 Å². The first-order chi connectivity index (χ1) is 17.5. The number of anilines is 2. The number of unbranched alkanes of at least 4 members (excludes halogenated alkanes) is 4. The SMILES string of the molecule is CCCCCCCOc1ccc(NCC(=O)Nc2cccc(C(=O)N(C)Cc3ccccc3)c2)cc1. The van der Waals surface area contributed by atoms with Crippen molar-refractivity contribution in [1.29, 1.82) is 0 Å². The summed E-state index contributed by atoms with van der Waals surface area (Å²) in [5.74, 6) is 0.542. The van der Waals surface area contributed by atoms with Gasteiger partial charge < -0.3 is 20.3 Å². The molecule has 0 aliphatic carbocycles. The van der Waals surface area contributed by atoms with Crippen LogP contribution in [0.25, 0.3) is 0 Å². The molecule has 0 atom stereocenters. The van der Waals surface area contributed by atoms with Crippen LogP contribution in [0.1, 0.15) is 54.9 Å². The number of hydrogen-bond donors (Lipinski definition) is 2. The van der Waals surface area contributed by atoms with Gasteiger partial charge in [-0.3, -0.25) is 9.59 Å². The van der Waals surface area contributed by atoms with Crippen molar-refractivity contribution in [3.8, 4) is 5.75 Å². The number of nitrogens with one attached hydrogen (secondary N) is 2. The normalized spacial score (nSPS) is 10.5. The molecule has 3 aromatic rings. The smallest absolute Gasteiger partial charge is 0.253 e. The van der Waals surface area contributed by atoms with E-state index in [2.05, 4.69) is 17.6 Å². The van der Waals surface area contributed by atoms with E-state index in [0.717, 1.165) is 30.0 Å². The molecule has 36 heavy (non-hydrogen) atoms. The zero-order valence-electron chi connectivity index (χ0n) is 21.3. The summed E-state index contributed by atoms with van der Waals surface area (Å²) in [7, 11) is 1.77. The van der Waals surface area contributed by atoms with Gasteiger partial charge in [-0.15, -0.1) is 0 Å². The van der Waals surface area contributed by atoms with E-state index in [4.69, 9.17) is 4.74 Å². The third-order valence-corrected chi connectivity index (χ3v) is 5.83. The summed E-state index contributed by atoms with van der Waals surface area (Å²) in [5.41, 5.74) is 3.02. The second-order valence-corrected chi connectivity index (χ2v) is 8.92. The zero-order chi connectivity index (χ0) is 25.6. The molecule has 0 fully saturated rings. The average Bonchev–Trinajstić information content (AvgIpc) is 2.90. The highest BCUT2D eigenvalue weighted by Gasteiger charge is 2.13. The summed E-state index contributed by atoms with van der Waals surface area (Å²) in [6.45, 7) is 3.57. The monoisotopic (exact) mass is 487 g/mol. The van der Waals surface area contributed by atoms with Gasteiger partial charge in [0.05, 0.1) is 13.2 Å². The van der Waals surface area contributed by atoms with Crippen LogP contribution in [-0.4, -0.2) is 36.9 Å². The first-order valence-electron chi connectivity index (χ1n) is 12.7. The Morgan fingerprint density at radius 3 is 2.33 bits per heavy atom. The van der Waals surface area contributed by atoms with Crippen LogP contribution in [0.3, 0.4) is 0 Å². The minimum atomic E-state index is -0.190. The van der Waals surface area contributed by atoms with Crippen LogP contribution in [0.4, 0.5) is 11.4 Å². The second kappa shape index (κ2) is 14.6. The third kappa shape index (κ3) is 9.10. The number of nitrogens with zero attached hydrogens (tertiary/aromatic N) is 1. The molecule has 3 aromatic carbocycles. The van der Waals surface area contributed by atoms with E-state index in [-0.39, 0.29) is 18.4 Å². The molecule has 0 heterocycles. The van der Waals surface area contributed by atoms with E-state index < -0.39 is 0 Å². The number of hydrogen-bond acceptors (Lipinski definition) is 4. The fourth-order valence-corrected chi connectivity index (χ4v) is 3.83. The Balaban J connectivity index is 1.43. The first-order valence-corrected chi connectivity index (χ1v) is 12.7. The summed E-state index contributed by atoms with van der Waals surface area (Å²) < 4.78 is 5.79. The highest BCUT2D eigenvalue weighted by molar-refractivity contribution is 5.98. The van der Waals surface area contributed by atoms with E-state index in [1.54, 1.807) is 36.2 Å². The summed E-state index contributed by atoms with van der Waals surface area (Å²) in [6.07, 6.45) is 6.05.